The van der Waals surface area contributed by atoms with Gasteiger partial charge in [0.05, 0.1) is 13.2 Å². The van der Waals surface area contributed by atoms with Crippen molar-refractivity contribution in [2.45, 2.75) is 0 Å². The molecule has 0 aliphatic carbocycles. The molecule has 0 aromatic heterocycles. The molecule has 4 heteroatoms. The van der Waals surface area contributed by atoms with E-state index in [1.165, 1.54) is 0 Å². The van der Waals surface area contributed by atoms with Crippen molar-refractivity contribution < 1.29 is 10.2 Å². The van der Waals surface area contributed by atoms with Crippen molar-refractivity contribution in [1.29, 1.82) is 0 Å². The van der Waals surface area contributed by atoms with E-state index in [9.17, 15) is 0 Å². The fourth-order valence-electron chi connectivity index (χ4n) is 0.608. The maximum atomic E-state index is 8.83. The van der Waals surface area contributed by atoms with E-state index in [0.717, 1.165) is 11.5 Å². The molecule has 1 rings (SSSR count). The summed E-state index contributed by atoms with van der Waals surface area (Å²) in [5, 5.41) is 17.7. The van der Waals surface area contributed by atoms with Crippen LogP contribution in [0.2, 0.25) is 0 Å². The number of aliphatic hydroxyl groups is 2. The quantitative estimate of drug-likeness (QED) is 0.581. The van der Waals surface area contributed by atoms with Crippen molar-refractivity contribution in [3.63, 3.8) is 0 Å². The van der Waals surface area contributed by atoms with Gasteiger partial charge in [0.1, 0.15) is 0 Å². The minimum atomic E-state index is -0.185. The molecule has 1 saturated heterocycles. The molecule has 0 unspecified atom stereocenters. The second-order valence-electron chi connectivity index (χ2n) is 2.34. The molecule has 2 nitrogen and oxygen atoms in total. The molecule has 9 heavy (non-hydrogen) atoms. The van der Waals surface area contributed by atoms with Crippen molar-refractivity contribution in [2.24, 2.45) is 5.41 Å². The molecule has 1 fully saturated rings. The number of hydrogen-bond acceptors (Lipinski definition) is 4. The third kappa shape index (κ3) is 1.55. The molecule has 0 spiro atoms. The molecular weight excluding hydrogens is 156 g/mol. The summed E-state index contributed by atoms with van der Waals surface area (Å²) in [5.41, 5.74) is -0.185. The Balaban J connectivity index is 2.45. The molecule has 2 N–H and O–H groups in total. The molecule has 0 amide bonds. The molecule has 0 bridgehead atoms. The highest BCUT2D eigenvalue weighted by Gasteiger charge is 2.33. The standard InChI is InChI=1S/C5H10O2S2/c6-1-5(2-7)3-8-9-4-5/h6-7H,1-4H2. The Morgan fingerprint density at radius 1 is 1.11 bits per heavy atom. The molecular formula is C5H10O2S2. The lowest BCUT2D eigenvalue weighted by atomic mass is 9.96. The van der Waals surface area contributed by atoms with E-state index in [1.807, 2.05) is 0 Å². The molecule has 54 valence electrons. The summed E-state index contributed by atoms with van der Waals surface area (Å²) in [7, 11) is 3.45. The Kier molecular flexibility index (Phi) is 2.70. The highest BCUT2D eigenvalue weighted by molar-refractivity contribution is 8.77. The predicted molar refractivity (Wildman–Crippen MR) is 41.5 cm³/mol. The normalized spacial score (nSPS) is 24.7. The second kappa shape index (κ2) is 3.14. The van der Waals surface area contributed by atoms with Crippen molar-refractivity contribution in [3.05, 3.63) is 0 Å². The van der Waals surface area contributed by atoms with E-state index in [2.05, 4.69) is 0 Å². The van der Waals surface area contributed by atoms with Crippen LogP contribution in [0.25, 0.3) is 0 Å². The minimum Gasteiger partial charge on any atom is -0.396 e. The third-order valence-corrected chi connectivity index (χ3v) is 4.32. The van der Waals surface area contributed by atoms with Crippen LogP contribution in [0.5, 0.6) is 0 Å². The summed E-state index contributed by atoms with van der Waals surface area (Å²) in [6.45, 7) is 0.229. The van der Waals surface area contributed by atoms with Gasteiger partial charge < -0.3 is 10.2 Å². The summed E-state index contributed by atoms with van der Waals surface area (Å²) in [5.74, 6) is 1.76. The maximum Gasteiger partial charge on any atom is 0.0526 e. The van der Waals surface area contributed by atoms with Crippen molar-refractivity contribution in [1.82, 2.24) is 0 Å². The van der Waals surface area contributed by atoms with Gasteiger partial charge in [0.15, 0.2) is 0 Å². The molecule has 1 heterocycles. The number of rotatable bonds is 2. The van der Waals surface area contributed by atoms with Gasteiger partial charge in [-0.3, -0.25) is 0 Å². The van der Waals surface area contributed by atoms with Gasteiger partial charge in [0.25, 0.3) is 0 Å². The van der Waals surface area contributed by atoms with Crippen LogP contribution in [0, 0.1) is 5.41 Å². The average molecular weight is 166 g/mol. The lowest BCUT2D eigenvalue weighted by Gasteiger charge is -2.20. The SMILES string of the molecule is OCC1(CO)CSSC1. The number of hydrogen-bond donors (Lipinski definition) is 2. The average Bonchev–Trinajstić information content (AvgIpc) is 2.36. The first-order valence-corrected chi connectivity index (χ1v) is 5.28. The Morgan fingerprint density at radius 3 is 1.78 bits per heavy atom. The zero-order valence-electron chi connectivity index (χ0n) is 5.04. The third-order valence-electron chi connectivity index (χ3n) is 1.48. The summed E-state index contributed by atoms with van der Waals surface area (Å²) < 4.78 is 0. The van der Waals surface area contributed by atoms with E-state index in [1.54, 1.807) is 21.6 Å². The lowest BCUT2D eigenvalue weighted by Crippen LogP contribution is -2.31. The van der Waals surface area contributed by atoms with Gasteiger partial charge in [0.2, 0.25) is 0 Å². The number of aliphatic hydroxyl groups excluding tert-OH is 2. The van der Waals surface area contributed by atoms with Gasteiger partial charge in [-0.25, -0.2) is 0 Å². The topological polar surface area (TPSA) is 40.5 Å². The Labute approximate surface area is 62.4 Å². The fourth-order valence-corrected chi connectivity index (χ4v) is 3.97. The van der Waals surface area contributed by atoms with Gasteiger partial charge in [-0.15, -0.1) is 0 Å². The van der Waals surface area contributed by atoms with Crippen LogP contribution in [0.3, 0.4) is 0 Å². The molecule has 1 aliphatic rings. The first-order valence-electron chi connectivity index (χ1n) is 2.79. The highest BCUT2D eigenvalue weighted by atomic mass is 33.1. The molecule has 1 aliphatic heterocycles. The first-order chi connectivity index (χ1) is 4.33. The molecule has 0 saturated carbocycles. The summed E-state index contributed by atoms with van der Waals surface area (Å²) in [6, 6.07) is 0. The smallest absolute Gasteiger partial charge is 0.0526 e. The van der Waals surface area contributed by atoms with Crippen LogP contribution in [-0.4, -0.2) is 34.9 Å². The van der Waals surface area contributed by atoms with Crippen molar-refractivity contribution in [2.75, 3.05) is 24.7 Å². The molecule has 0 aromatic rings. The highest BCUT2D eigenvalue weighted by Crippen LogP contribution is 2.42. The van der Waals surface area contributed by atoms with Crippen molar-refractivity contribution >= 4 is 21.6 Å². The van der Waals surface area contributed by atoms with Crippen LogP contribution in [0.4, 0.5) is 0 Å². The van der Waals surface area contributed by atoms with Crippen LogP contribution < -0.4 is 0 Å². The van der Waals surface area contributed by atoms with Crippen LogP contribution in [-0.2, 0) is 0 Å². The monoisotopic (exact) mass is 166 g/mol. The van der Waals surface area contributed by atoms with Gasteiger partial charge in [0, 0.05) is 16.9 Å². The van der Waals surface area contributed by atoms with Crippen molar-refractivity contribution in [3.8, 4) is 0 Å². The van der Waals surface area contributed by atoms with E-state index in [0.29, 0.717) is 0 Å². The van der Waals surface area contributed by atoms with Crippen LogP contribution in [0.1, 0.15) is 0 Å². The predicted octanol–water partition coefficient (Wildman–Crippen LogP) is 0.352. The Bertz CT molecular complexity index is 85.0. The van der Waals surface area contributed by atoms with Gasteiger partial charge in [-0.2, -0.15) is 0 Å². The van der Waals surface area contributed by atoms with E-state index < -0.39 is 0 Å². The minimum absolute atomic E-state index is 0.115. The largest absolute Gasteiger partial charge is 0.396 e. The van der Waals surface area contributed by atoms with Crippen LogP contribution >= 0.6 is 21.6 Å². The zero-order chi connectivity index (χ0) is 6.74. The van der Waals surface area contributed by atoms with E-state index in [-0.39, 0.29) is 18.6 Å². The maximum absolute atomic E-state index is 8.83. The second-order valence-corrected chi connectivity index (χ2v) is 4.80. The zero-order valence-corrected chi connectivity index (χ0v) is 6.67. The summed E-state index contributed by atoms with van der Waals surface area (Å²) in [4.78, 5) is 0. The van der Waals surface area contributed by atoms with Gasteiger partial charge in [-0.05, 0) is 0 Å². The first kappa shape index (κ1) is 7.72. The summed E-state index contributed by atoms with van der Waals surface area (Å²) in [6.07, 6.45) is 0. The van der Waals surface area contributed by atoms with Crippen LogP contribution in [0.15, 0.2) is 0 Å². The van der Waals surface area contributed by atoms with Gasteiger partial charge >= 0.3 is 0 Å². The fraction of sp³-hybridized carbons (Fsp3) is 1.00. The van der Waals surface area contributed by atoms with E-state index >= 15 is 0 Å². The lowest BCUT2D eigenvalue weighted by molar-refractivity contribution is 0.0949. The Morgan fingerprint density at radius 2 is 1.56 bits per heavy atom. The van der Waals surface area contributed by atoms with E-state index in [4.69, 9.17) is 10.2 Å². The Hall–Kier alpha value is 0.620. The molecule has 0 atom stereocenters. The molecule has 0 radical (unpaired) electrons. The van der Waals surface area contributed by atoms with Gasteiger partial charge in [-0.1, -0.05) is 21.6 Å². The molecule has 0 aromatic carbocycles. The summed E-state index contributed by atoms with van der Waals surface area (Å²) >= 11 is 0.